The fraction of sp³-hybridized carbons (Fsp3) is 0.486. The summed E-state index contributed by atoms with van der Waals surface area (Å²) in [6.45, 7) is 8.33. The molecule has 0 spiro atoms. The van der Waals surface area contributed by atoms with Gasteiger partial charge in [-0.15, -0.1) is 0 Å². The number of rotatable bonds is 15. The minimum Gasteiger partial charge on any atom is -0.493 e. The molecular formula is C35H44BClN2O5. The average Bonchev–Trinajstić information content (AvgIpc) is 3.64. The van der Waals surface area contributed by atoms with Crippen molar-refractivity contribution in [3.63, 3.8) is 0 Å². The third kappa shape index (κ3) is 7.72. The van der Waals surface area contributed by atoms with Crippen LogP contribution in [0.4, 0.5) is 0 Å². The van der Waals surface area contributed by atoms with Crippen LogP contribution in [0.1, 0.15) is 54.5 Å². The molecule has 3 atom stereocenters. The second kappa shape index (κ2) is 15.5. The first-order valence-corrected chi connectivity index (χ1v) is 16.2. The van der Waals surface area contributed by atoms with Gasteiger partial charge < -0.3 is 34.6 Å². The number of likely N-dealkylation sites (tertiary alicyclic amines) is 1. The largest absolute Gasteiger partial charge is 0.493 e. The number of aliphatic hydroxyl groups excluding tert-OH is 2. The van der Waals surface area contributed by atoms with Crippen LogP contribution in [0, 0.1) is 6.92 Å². The topological polar surface area (TPSA) is 83.4 Å². The van der Waals surface area contributed by atoms with E-state index in [-0.39, 0.29) is 24.9 Å². The second-order valence-electron chi connectivity index (χ2n) is 11.7. The quantitative estimate of drug-likeness (QED) is 0.150. The molecule has 5 rings (SSSR count). The predicted octanol–water partition coefficient (Wildman–Crippen LogP) is 5.65. The predicted molar refractivity (Wildman–Crippen MR) is 176 cm³/mol. The van der Waals surface area contributed by atoms with Crippen molar-refractivity contribution in [3.8, 4) is 28.4 Å². The van der Waals surface area contributed by atoms with E-state index in [1.165, 1.54) is 22.3 Å². The number of hydrogen-bond donors (Lipinski definition) is 3. The molecule has 1 aliphatic heterocycles. The Balaban J connectivity index is 1.29. The Kier molecular flexibility index (Phi) is 11.5. The monoisotopic (exact) mass is 618 g/mol. The number of β-amino-alcohol motifs (C(OH)–C–C–N with tert-alkyl or cyclic N) is 1. The summed E-state index contributed by atoms with van der Waals surface area (Å²) in [5.41, 5.74) is 6.88. The smallest absolute Gasteiger partial charge is 0.142 e. The van der Waals surface area contributed by atoms with Gasteiger partial charge in [-0.3, -0.25) is 0 Å². The van der Waals surface area contributed by atoms with Gasteiger partial charge in [0.05, 0.1) is 38.8 Å². The maximum atomic E-state index is 9.76. The molecule has 3 N–H and O–H groups in total. The molecule has 0 bridgehead atoms. The summed E-state index contributed by atoms with van der Waals surface area (Å²) in [5.74, 6) is 2.20. The average molecular weight is 619 g/mol. The van der Waals surface area contributed by atoms with Crippen molar-refractivity contribution >= 4 is 19.4 Å². The Labute approximate surface area is 267 Å². The van der Waals surface area contributed by atoms with Gasteiger partial charge in [-0.25, -0.2) is 0 Å². The summed E-state index contributed by atoms with van der Waals surface area (Å²) in [6.07, 6.45) is 3.57. The lowest BCUT2D eigenvalue weighted by Gasteiger charge is -2.21. The number of aliphatic hydroxyl groups is 2. The standard InChI is InChI=1S/C35H44BClN2O5/c1-3-42-34-18-35(31(37)17-24(34)20-38-25(19-36)22-40)44-33-12-11-29-28(8-4-9-30(29)33)27-7-5-10-32(23(27)2)43-16-6-14-39-15-13-26(41)21-39/h4-5,7-10,17-18,25-26,33,38,40-41H,3,6,11-16,19-22H2,1-2H3/t25?,26?,33-/m0/s1. The molecule has 0 aromatic heterocycles. The molecule has 9 heteroatoms. The zero-order chi connectivity index (χ0) is 31.1. The van der Waals surface area contributed by atoms with Crippen LogP contribution in [0.25, 0.3) is 11.1 Å². The summed E-state index contributed by atoms with van der Waals surface area (Å²) < 4.78 is 18.7. The second-order valence-corrected chi connectivity index (χ2v) is 12.1. The SMILES string of the molecule is [B]CC(CO)NCc1cc(Cl)c(O[C@H]2CCc3c(-c4cccc(OCCCN5CCC(O)C5)c4C)cccc32)cc1OCC. The number of halogens is 1. The number of nitrogens with zero attached hydrogens (tertiary/aromatic N) is 1. The zero-order valence-corrected chi connectivity index (χ0v) is 26.6. The lowest BCUT2D eigenvalue weighted by atomic mass is 9.93. The van der Waals surface area contributed by atoms with E-state index in [1.807, 2.05) is 25.1 Å². The van der Waals surface area contributed by atoms with E-state index in [9.17, 15) is 10.2 Å². The van der Waals surface area contributed by atoms with Gasteiger partial charge in [0.2, 0.25) is 0 Å². The Morgan fingerprint density at radius 1 is 1.07 bits per heavy atom. The Morgan fingerprint density at radius 2 is 1.89 bits per heavy atom. The van der Waals surface area contributed by atoms with Gasteiger partial charge in [0, 0.05) is 43.9 Å². The highest BCUT2D eigenvalue weighted by Crippen LogP contribution is 2.44. The minimum absolute atomic E-state index is 0.0411. The van der Waals surface area contributed by atoms with E-state index < -0.39 is 0 Å². The van der Waals surface area contributed by atoms with Crippen LogP contribution < -0.4 is 19.5 Å². The molecule has 1 heterocycles. The number of hydrogen-bond acceptors (Lipinski definition) is 7. The van der Waals surface area contributed by atoms with Crippen molar-refractivity contribution in [1.29, 1.82) is 0 Å². The summed E-state index contributed by atoms with van der Waals surface area (Å²) in [6, 6.07) is 16.3. The lowest BCUT2D eigenvalue weighted by molar-refractivity contribution is 0.173. The lowest BCUT2D eigenvalue weighted by Crippen LogP contribution is -2.31. The Morgan fingerprint density at radius 3 is 2.64 bits per heavy atom. The number of fused-ring (bicyclic) bond motifs is 1. The van der Waals surface area contributed by atoms with E-state index in [4.69, 9.17) is 33.7 Å². The first-order chi connectivity index (χ1) is 21.4. The molecule has 2 aliphatic rings. The minimum atomic E-state index is -0.199. The van der Waals surface area contributed by atoms with Crippen molar-refractivity contribution in [3.05, 3.63) is 75.8 Å². The molecule has 234 valence electrons. The molecule has 3 aromatic rings. The van der Waals surface area contributed by atoms with Gasteiger partial charge in [0.1, 0.15) is 23.4 Å². The first kappa shape index (κ1) is 32.6. The number of ether oxygens (including phenoxy) is 3. The maximum absolute atomic E-state index is 9.76. The summed E-state index contributed by atoms with van der Waals surface area (Å²) in [5, 5.41) is 23.0. The van der Waals surface area contributed by atoms with E-state index in [0.717, 1.165) is 62.2 Å². The van der Waals surface area contributed by atoms with Gasteiger partial charge in [-0.2, -0.15) is 0 Å². The first-order valence-electron chi connectivity index (χ1n) is 15.8. The number of nitrogens with one attached hydrogen (secondary N) is 1. The highest BCUT2D eigenvalue weighted by molar-refractivity contribution is 6.32. The van der Waals surface area contributed by atoms with Crippen molar-refractivity contribution < 1.29 is 24.4 Å². The van der Waals surface area contributed by atoms with Crippen LogP contribution >= 0.6 is 11.6 Å². The molecule has 1 fully saturated rings. The van der Waals surface area contributed by atoms with E-state index in [2.05, 4.69) is 47.5 Å². The molecule has 1 aliphatic carbocycles. The zero-order valence-electron chi connectivity index (χ0n) is 25.9. The third-order valence-electron chi connectivity index (χ3n) is 8.68. The normalized spacial score (nSPS) is 18.8. The van der Waals surface area contributed by atoms with E-state index >= 15 is 0 Å². The van der Waals surface area contributed by atoms with Crippen LogP contribution in [0.2, 0.25) is 11.3 Å². The van der Waals surface area contributed by atoms with Crippen molar-refractivity contribution in [1.82, 2.24) is 10.2 Å². The van der Waals surface area contributed by atoms with Crippen molar-refractivity contribution in [2.45, 2.75) is 70.6 Å². The van der Waals surface area contributed by atoms with E-state index in [1.54, 1.807) is 0 Å². The Hall–Kier alpha value is -2.75. The van der Waals surface area contributed by atoms with Crippen molar-refractivity contribution in [2.24, 2.45) is 0 Å². The summed E-state index contributed by atoms with van der Waals surface area (Å²) >= 11 is 6.74. The fourth-order valence-corrected chi connectivity index (χ4v) is 6.49. The highest BCUT2D eigenvalue weighted by atomic mass is 35.5. The van der Waals surface area contributed by atoms with Crippen LogP contribution in [-0.4, -0.2) is 74.6 Å². The maximum Gasteiger partial charge on any atom is 0.142 e. The molecule has 3 aromatic carbocycles. The number of benzene rings is 3. The van der Waals surface area contributed by atoms with Gasteiger partial charge in [-0.05, 0) is 79.5 Å². The van der Waals surface area contributed by atoms with Crippen molar-refractivity contribution in [2.75, 3.05) is 39.5 Å². The van der Waals surface area contributed by atoms with Gasteiger partial charge >= 0.3 is 0 Å². The van der Waals surface area contributed by atoms with Crippen LogP contribution in [-0.2, 0) is 13.0 Å². The van der Waals surface area contributed by atoms with E-state index in [0.29, 0.717) is 42.6 Å². The molecule has 0 saturated carbocycles. The Bertz CT molecular complexity index is 1400. The highest BCUT2D eigenvalue weighted by Gasteiger charge is 2.28. The third-order valence-corrected chi connectivity index (χ3v) is 8.98. The molecule has 1 saturated heterocycles. The van der Waals surface area contributed by atoms with Crippen LogP contribution in [0.15, 0.2) is 48.5 Å². The molecule has 44 heavy (non-hydrogen) atoms. The molecular weight excluding hydrogens is 575 g/mol. The molecule has 2 unspecified atom stereocenters. The van der Waals surface area contributed by atoms with Gasteiger partial charge in [-0.1, -0.05) is 48.3 Å². The summed E-state index contributed by atoms with van der Waals surface area (Å²) in [7, 11) is 5.73. The molecule has 2 radical (unpaired) electrons. The van der Waals surface area contributed by atoms with Crippen LogP contribution in [0.3, 0.4) is 0 Å². The van der Waals surface area contributed by atoms with Gasteiger partial charge in [0.15, 0.2) is 0 Å². The molecule has 0 amide bonds. The summed E-state index contributed by atoms with van der Waals surface area (Å²) in [4.78, 5) is 2.30. The van der Waals surface area contributed by atoms with Gasteiger partial charge in [0.25, 0.3) is 0 Å². The van der Waals surface area contributed by atoms with Crippen LogP contribution in [0.5, 0.6) is 17.2 Å². The molecule has 7 nitrogen and oxygen atoms in total. The fourth-order valence-electron chi connectivity index (χ4n) is 6.26.